The molecule has 1 aromatic rings. The number of allylic oxidation sites excluding steroid dienone is 2. The highest BCUT2D eigenvalue weighted by Crippen LogP contribution is 2.42. The second kappa shape index (κ2) is 6.41. The predicted molar refractivity (Wildman–Crippen MR) is 105 cm³/mol. The van der Waals surface area contributed by atoms with Crippen molar-refractivity contribution in [3.8, 4) is 0 Å². The molecule has 2 aliphatic rings. The van der Waals surface area contributed by atoms with Gasteiger partial charge in [0.2, 0.25) is 5.91 Å². The maximum atomic E-state index is 12.3. The van der Waals surface area contributed by atoms with Gasteiger partial charge in [0.1, 0.15) is 9.84 Å². The summed E-state index contributed by atoms with van der Waals surface area (Å²) in [6, 6.07) is 5.61. The number of carbonyl (C=O) groups excluding carboxylic acids is 1. The number of anilines is 1. The molecular weight excluding hydrogens is 348 g/mol. The molecule has 1 saturated heterocycles. The van der Waals surface area contributed by atoms with Crippen molar-refractivity contribution in [3.63, 3.8) is 0 Å². The summed E-state index contributed by atoms with van der Waals surface area (Å²) in [4.78, 5) is 12.3. The van der Waals surface area contributed by atoms with Gasteiger partial charge in [-0.2, -0.15) is 0 Å². The van der Waals surface area contributed by atoms with Crippen molar-refractivity contribution in [1.82, 2.24) is 0 Å². The molecule has 3 rings (SSSR count). The van der Waals surface area contributed by atoms with Crippen LogP contribution in [0.15, 0.2) is 24.3 Å². The van der Waals surface area contributed by atoms with Crippen LogP contribution in [0.5, 0.6) is 0 Å². The van der Waals surface area contributed by atoms with E-state index < -0.39 is 21.2 Å². The van der Waals surface area contributed by atoms with Gasteiger partial charge in [-0.15, -0.1) is 0 Å². The molecule has 6 heteroatoms. The Morgan fingerprint density at radius 2 is 1.77 bits per heavy atom. The molecule has 0 atom stereocenters. The first-order chi connectivity index (χ1) is 12.0. The zero-order chi connectivity index (χ0) is 19.2. The third-order valence-electron chi connectivity index (χ3n) is 6.08. The fourth-order valence-electron chi connectivity index (χ4n) is 4.02. The highest BCUT2D eigenvalue weighted by molar-refractivity contribution is 7.91. The van der Waals surface area contributed by atoms with Crippen LogP contribution in [0.1, 0.15) is 57.1 Å². The summed E-state index contributed by atoms with van der Waals surface area (Å²) in [5, 5.41) is 0. The van der Waals surface area contributed by atoms with Gasteiger partial charge in [-0.1, -0.05) is 26.0 Å². The van der Waals surface area contributed by atoms with Crippen molar-refractivity contribution in [3.05, 3.63) is 35.4 Å². The molecule has 1 aliphatic carbocycles. The average molecular weight is 377 g/mol. The van der Waals surface area contributed by atoms with E-state index in [1.807, 2.05) is 18.2 Å². The minimum Gasteiger partial charge on any atom is -0.398 e. The van der Waals surface area contributed by atoms with Crippen molar-refractivity contribution < 1.29 is 13.2 Å². The molecule has 1 heterocycles. The van der Waals surface area contributed by atoms with E-state index in [9.17, 15) is 13.2 Å². The lowest BCUT2D eigenvalue weighted by molar-refractivity contribution is -0.123. The lowest BCUT2D eigenvalue weighted by atomic mass is 9.72. The van der Waals surface area contributed by atoms with Crippen molar-refractivity contribution in [1.29, 1.82) is 0 Å². The van der Waals surface area contributed by atoms with Crippen LogP contribution < -0.4 is 11.5 Å². The second-order valence-corrected chi connectivity index (χ2v) is 10.8. The summed E-state index contributed by atoms with van der Waals surface area (Å²) in [7, 11) is -3.09. The SMILES string of the molecule is CC1(C)CC=C(c2cc(C3(C(N)=O)CCS(=O)(=O)CC3)ccc2N)CC1. The molecule has 1 fully saturated rings. The number of hydrogen-bond acceptors (Lipinski definition) is 4. The van der Waals surface area contributed by atoms with Crippen LogP contribution in [0.2, 0.25) is 0 Å². The number of primary amides is 1. The molecule has 142 valence electrons. The van der Waals surface area contributed by atoms with Crippen LogP contribution in [0.4, 0.5) is 5.69 Å². The van der Waals surface area contributed by atoms with Gasteiger partial charge in [0.25, 0.3) is 0 Å². The Labute approximate surface area is 155 Å². The Morgan fingerprint density at radius 3 is 2.31 bits per heavy atom. The van der Waals surface area contributed by atoms with Crippen molar-refractivity contribution in [2.24, 2.45) is 11.1 Å². The van der Waals surface area contributed by atoms with E-state index in [1.165, 1.54) is 5.57 Å². The van der Waals surface area contributed by atoms with Crippen LogP contribution in [0.3, 0.4) is 0 Å². The molecule has 0 radical (unpaired) electrons. The number of sulfone groups is 1. The molecule has 1 aliphatic heterocycles. The average Bonchev–Trinajstić information content (AvgIpc) is 2.56. The number of nitrogens with two attached hydrogens (primary N) is 2. The molecule has 0 aromatic heterocycles. The fourth-order valence-corrected chi connectivity index (χ4v) is 5.54. The fraction of sp³-hybridized carbons (Fsp3) is 0.550. The molecule has 4 N–H and O–H groups in total. The first-order valence-corrected chi connectivity index (χ1v) is 11.0. The Balaban J connectivity index is 2.01. The summed E-state index contributed by atoms with van der Waals surface area (Å²) in [6.07, 6.45) is 5.73. The molecule has 0 spiro atoms. The van der Waals surface area contributed by atoms with Crippen molar-refractivity contribution >= 4 is 27.0 Å². The van der Waals surface area contributed by atoms with Gasteiger partial charge < -0.3 is 11.5 Å². The summed E-state index contributed by atoms with van der Waals surface area (Å²) in [6.45, 7) is 4.51. The first kappa shape index (κ1) is 19.0. The van der Waals surface area contributed by atoms with E-state index in [1.54, 1.807) is 0 Å². The second-order valence-electron chi connectivity index (χ2n) is 8.50. The van der Waals surface area contributed by atoms with E-state index in [0.29, 0.717) is 11.1 Å². The monoisotopic (exact) mass is 376 g/mol. The van der Waals surface area contributed by atoms with Crippen molar-refractivity contribution in [2.45, 2.75) is 51.4 Å². The van der Waals surface area contributed by atoms with Gasteiger partial charge in [0, 0.05) is 11.3 Å². The third-order valence-corrected chi connectivity index (χ3v) is 7.73. The Bertz CT molecular complexity index is 855. The summed E-state index contributed by atoms with van der Waals surface area (Å²) in [5.41, 5.74) is 15.0. The van der Waals surface area contributed by atoms with Gasteiger partial charge in [-0.3, -0.25) is 4.79 Å². The van der Waals surface area contributed by atoms with Gasteiger partial charge in [-0.05, 0) is 60.8 Å². The van der Waals surface area contributed by atoms with Gasteiger partial charge in [0.15, 0.2) is 0 Å². The lowest BCUT2D eigenvalue weighted by Gasteiger charge is -2.35. The number of hydrogen-bond donors (Lipinski definition) is 2. The summed E-state index contributed by atoms with van der Waals surface area (Å²) >= 11 is 0. The van der Waals surface area contributed by atoms with Crippen LogP contribution >= 0.6 is 0 Å². The van der Waals surface area contributed by atoms with Crippen LogP contribution in [-0.2, 0) is 20.0 Å². The molecule has 5 nitrogen and oxygen atoms in total. The quantitative estimate of drug-likeness (QED) is 0.792. The zero-order valence-electron chi connectivity index (χ0n) is 15.5. The highest BCUT2D eigenvalue weighted by atomic mass is 32.2. The van der Waals surface area contributed by atoms with Gasteiger partial charge >= 0.3 is 0 Å². The number of amides is 1. The number of benzene rings is 1. The molecular formula is C20H28N2O3S. The molecule has 1 aromatic carbocycles. The normalized spacial score (nSPS) is 23.8. The van der Waals surface area contributed by atoms with E-state index in [2.05, 4.69) is 19.9 Å². The van der Waals surface area contributed by atoms with Gasteiger partial charge in [-0.25, -0.2) is 8.42 Å². The Hall–Kier alpha value is -1.82. The van der Waals surface area contributed by atoms with E-state index in [-0.39, 0.29) is 24.3 Å². The van der Waals surface area contributed by atoms with E-state index in [0.717, 1.165) is 30.4 Å². The smallest absolute Gasteiger partial charge is 0.228 e. The Morgan fingerprint density at radius 1 is 1.12 bits per heavy atom. The standard InChI is InChI=1S/C20H28N2O3S/c1-19(2)7-5-14(6-8-19)16-13-15(3-4-17(16)21)20(18(22)23)9-11-26(24,25)12-10-20/h3-5,13H,6-12,21H2,1-2H3,(H2,22,23). The van der Waals surface area contributed by atoms with Crippen LogP contribution in [0, 0.1) is 5.41 Å². The zero-order valence-corrected chi connectivity index (χ0v) is 16.4. The lowest BCUT2D eigenvalue weighted by Crippen LogP contribution is -2.47. The van der Waals surface area contributed by atoms with Crippen LogP contribution in [0.25, 0.3) is 5.57 Å². The third kappa shape index (κ3) is 3.52. The highest BCUT2D eigenvalue weighted by Gasteiger charge is 2.43. The first-order valence-electron chi connectivity index (χ1n) is 9.14. The number of carbonyl (C=O) groups is 1. The van der Waals surface area contributed by atoms with E-state index >= 15 is 0 Å². The minimum absolute atomic E-state index is 0.00741. The molecule has 0 saturated carbocycles. The van der Waals surface area contributed by atoms with Gasteiger partial charge in [0.05, 0.1) is 16.9 Å². The molecule has 1 amide bonds. The number of nitrogen functional groups attached to an aromatic ring is 1. The summed E-state index contributed by atoms with van der Waals surface area (Å²) in [5.74, 6) is -0.471. The predicted octanol–water partition coefficient (Wildman–Crippen LogP) is 2.79. The van der Waals surface area contributed by atoms with E-state index in [4.69, 9.17) is 11.5 Å². The summed E-state index contributed by atoms with van der Waals surface area (Å²) < 4.78 is 23.7. The maximum absolute atomic E-state index is 12.3. The molecule has 0 unspecified atom stereocenters. The minimum atomic E-state index is -3.09. The van der Waals surface area contributed by atoms with Crippen molar-refractivity contribution in [2.75, 3.05) is 17.2 Å². The number of rotatable bonds is 3. The molecule has 0 bridgehead atoms. The topological polar surface area (TPSA) is 103 Å². The van der Waals surface area contributed by atoms with Crippen LogP contribution in [-0.4, -0.2) is 25.8 Å². The molecule has 26 heavy (non-hydrogen) atoms. The largest absolute Gasteiger partial charge is 0.398 e. The maximum Gasteiger partial charge on any atom is 0.228 e. The Kier molecular flexibility index (Phi) is 4.67.